The zero-order valence-electron chi connectivity index (χ0n) is 23.7. The molecular weight excluding hydrogens is 578 g/mol. The van der Waals surface area contributed by atoms with E-state index in [4.69, 9.17) is 36.3 Å². The minimum Gasteiger partial charge on any atom is -0.497 e. The lowest BCUT2D eigenvalue weighted by molar-refractivity contribution is -0.154. The molecule has 2 aromatic rings. The number of carbonyl (C=O) groups excluding carboxylic acids is 1. The van der Waals surface area contributed by atoms with Crippen molar-refractivity contribution >= 4 is 52.2 Å². The summed E-state index contributed by atoms with van der Waals surface area (Å²) < 4.78 is 17.8. The zero-order chi connectivity index (χ0) is 30.0. The lowest BCUT2D eigenvalue weighted by Gasteiger charge is -2.30. The smallest absolute Gasteiger partial charge is 0.317 e. The summed E-state index contributed by atoms with van der Waals surface area (Å²) in [6.45, 7) is 0. The number of thiocarbonyl (C=S) groups is 1. The summed E-state index contributed by atoms with van der Waals surface area (Å²) in [5, 5.41) is 18.3. The lowest BCUT2D eigenvalue weighted by Crippen LogP contribution is -2.41. The third kappa shape index (κ3) is 6.36. The third-order valence-corrected chi connectivity index (χ3v) is 9.96. The van der Waals surface area contributed by atoms with Crippen LogP contribution in [0.2, 0.25) is 0 Å². The summed E-state index contributed by atoms with van der Waals surface area (Å²) >= 11 is 6.99. The number of rotatable bonds is 13. The Bertz CT molecular complexity index is 1380. The lowest BCUT2D eigenvalue weighted by atomic mass is 9.94. The van der Waals surface area contributed by atoms with Crippen molar-refractivity contribution in [2.45, 2.75) is 63.8 Å². The van der Waals surface area contributed by atoms with E-state index in [1.165, 1.54) is 24.6 Å². The molecule has 0 radical (unpaired) electrons. The van der Waals surface area contributed by atoms with Gasteiger partial charge in [0.25, 0.3) is 5.91 Å². The van der Waals surface area contributed by atoms with Gasteiger partial charge >= 0.3 is 11.9 Å². The summed E-state index contributed by atoms with van der Waals surface area (Å²) in [5.41, 5.74) is 1.65. The molecule has 1 saturated heterocycles. The van der Waals surface area contributed by atoms with Gasteiger partial charge in [-0.1, -0.05) is 43.2 Å². The maximum atomic E-state index is 13.6. The molecule has 2 bridgehead atoms. The van der Waals surface area contributed by atoms with E-state index in [9.17, 15) is 14.4 Å². The first-order valence-corrected chi connectivity index (χ1v) is 15.5. The van der Waals surface area contributed by atoms with E-state index in [0.29, 0.717) is 69.8 Å². The van der Waals surface area contributed by atoms with E-state index in [0.717, 1.165) is 24.0 Å². The summed E-state index contributed by atoms with van der Waals surface area (Å²) in [5.74, 6) is -0.515. The topological polar surface area (TPSA) is 127 Å². The second kappa shape index (κ2) is 12.9. The molecule has 3 fully saturated rings. The van der Waals surface area contributed by atoms with Crippen LogP contribution in [-0.4, -0.2) is 57.5 Å². The first-order valence-electron chi connectivity index (χ1n) is 14.3. The number of furan rings is 1. The molecule has 1 amide bonds. The van der Waals surface area contributed by atoms with Gasteiger partial charge < -0.3 is 24.1 Å². The number of aliphatic carboxylic acids is 2. The maximum Gasteiger partial charge on any atom is 0.317 e. The molecule has 1 aliphatic heterocycles. The number of hydrogen-bond acceptors (Lipinski definition) is 8. The fourth-order valence-electron chi connectivity index (χ4n) is 6.46. The molecule has 1 aromatic heterocycles. The first kappa shape index (κ1) is 30.2. The fourth-order valence-corrected chi connectivity index (χ4v) is 7.80. The van der Waals surface area contributed by atoms with Crippen LogP contribution in [0.5, 0.6) is 11.5 Å². The van der Waals surface area contributed by atoms with Crippen LogP contribution >= 0.6 is 24.0 Å². The molecule has 2 saturated carbocycles. The standard InChI is InChI=1S/C31H35NO8S2/c1-38-21-12-20(13-22(15-21)39-2)25-14-19(6-4-3-5-7-23(29(34)35)30(36)37)26(40-25)16-27-28(33)32(31(41)42-27)24-11-17-8-9-18(24)10-17/h12-18,23-24H,3-11H2,1-2H3,(H,34,35)(H,36,37)/b27-16-. The van der Waals surface area contributed by atoms with E-state index in [-0.39, 0.29) is 18.4 Å². The minimum absolute atomic E-state index is 0.0668. The highest BCUT2D eigenvalue weighted by Gasteiger charge is 2.48. The van der Waals surface area contributed by atoms with Crippen molar-refractivity contribution in [3.05, 3.63) is 40.5 Å². The van der Waals surface area contributed by atoms with Crippen LogP contribution in [0.15, 0.2) is 33.6 Å². The van der Waals surface area contributed by atoms with Crippen molar-refractivity contribution in [3.8, 4) is 22.8 Å². The monoisotopic (exact) mass is 613 g/mol. The molecule has 0 spiro atoms. The summed E-state index contributed by atoms with van der Waals surface area (Å²) in [6, 6.07) is 7.59. The molecule has 2 N–H and O–H groups in total. The molecule has 2 heterocycles. The molecule has 5 rings (SSSR count). The molecule has 224 valence electrons. The van der Waals surface area contributed by atoms with Crippen LogP contribution in [0.4, 0.5) is 0 Å². The maximum absolute atomic E-state index is 13.6. The Morgan fingerprint density at radius 1 is 1.07 bits per heavy atom. The van der Waals surface area contributed by atoms with E-state index in [1.54, 1.807) is 26.4 Å². The van der Waals surface area contributed by atoms with E-state index in [2.05, 4.69) is 0 Å². The number of aryl methyl sites for hydroxylation is 1. The van der Waals surface area contributed by atoms with Crippen molar-refractivity contribution < 1.29 is 38.5 Å². The van der Waals surface area contributed by atoms with Gasteiger partial charge in [-0.25, -0.2) is 0 Å². The number of carbonyl (C=O) groups is 3. The predicted molar refractivity (Wildman–Crippen MR) is 162 cm³/mol. The number of unbranched alkanes of at least 4 members (excludes halogenated alkanes) is 2. The van der Waals surface area contributed by atoms with E-state index in [1.807, 2.05) is 23.1 Å². The van der Waals surface area contributed by atoms with Crippen molar-refractivity contribution in [1.82, 2.24) is 4.90 Å². The van der Waals surface area contributed by atoms with Gasteiger partial charge in [0, 0.05) is 23.7 Å². The normalized spacial score (nSPS) is 22.5. The highest BCUT2D eigenvalue weighted by Crippen LogP contribution is 2.49. The van der Waals surface area contributed by atoms with E-state index >= 15 is 0 Å². The average molecular weight is 614 g/mol. The molecule has 1 aromatic carbocycles. The van der Waals surface area contributed by atoms with Crippen molar-refractivity contribution in [1.29, 1.82) is 0 Å². The molecule has 2 aliphatic carbocycles. The Morgan fingerprint density at radius 2 is 1.79 bits per heavy atom. The number of hydrogen-bond donors (Lipinski definition) is 2. The summed E-state index contributed by atoms with van der Waals surface area (Å²) in [6.07, 6.45) is 8.87. The quantitative estimate of drug-likeness (QED) is 0.116. The van der Waals surface area contributed by atoms with E-state index < -0.39 is 17.9 Å². The van der Waals surface area contributed by atoms with Gasteiger partial charge in [-0.2, -0.15) is 0 Å². The number of thioether (sulfide) groups is 1. The average Bonchev–Trinajstić information content (AvgIpc) is 3.74. The van der Waals surface area contributed by atoms with Gasteiger partial charge in [0.1, 0.15) is 27.3 Å². The predicted octanol–water partition coefficient (Wildman–Crippen LogP) is 6.24. The summed E-state index contributed by atoms with van der Waals surface area (Å²) in [7, 11) is 3.16. The van der Waals surface area contributed by atoms with Gasteiger partial charge in [0.2, 0.25) is 0 Å². The van der Waals surface area contributed by atoms with Crippen molar-refractivity contribution in [2.75, 3.05) is 14.2 Å². The van der Waals surface area contributed by atoms with Gasteiger partial charge in [-0.3, -0.25) is 19.3 Å². The first-order chi connectivity index (χ1) is 20.2. The molecular formula is C31H35NO8S2. The van der Waals surface area contributed by atoms with Crippen molar-refractivity contribution in [2.24, 2.45) is 17.8 Å². The summed E-state index contributed by atoms with van der Waals surface area (Å²) in [4.78, 5) is 38.4. The molecule has 3 unspecified atom stereocenters. The molecule has 3 atom stereocenters. The zero-order valence-corrected chi connectivity index (χ0v) is 25.3. The second-order valence-electron chi connectivity index (χ2n) is 11.2. The number of methoxy groups -OCH3 is 2. The molecule has 9 nitrogen and oxygen atoms in total. The third-order valence-electron chi connectivity index (χ3n) is 8.63. The van der Waals surface area contributed by atoms with Crippen LogP contribution < -0.4 is 9.47 Å². The largest absolute Gasteiger partial charge is 0.497 e. The number of ether oxygens (including phenoxy) is 2. The molecule has 42 heavy (non-hydrogen) atoms. The second-order valence-corrected chi connectivity index (χ2v) is 12.9. The van der Waals surface area contributed by atoms with Gasteiger partial charge in [-0.05, 0) is 74.1 Å². The highest BCUT2D eigenvalue weighted by molar-refractivity contribution is 8.26. The van der Waals surface area contributed by atoms with Crippen LogP contribution in [0.3, 0.4) is 0 Å². The van der Waals surface area contributed by atoms with Crippen LogP contribution in [-0.2, 0) is 20.8 Å². The number of carboxylic acids is 2. The number of carboxylic acid groups (broad SMARTS) is 2. The number of fused-ring (bicyclic) bond motifs is 2. The van der Waals surface area contributed by atoms with Crippen molar-refractivity contribution in [3.63, 3.8) is 0 Å². The fraction of sp³-hybridized carbons (Fsp3) is 0.484. The SMILES string of the molecule is COc1cc(OC)cc(-c2cc(CCCCCC(C(=O)O)C(=O)O)c(/C=C3\SC(=S)N(C4CC5CCC4C5)C3=O)o2)c1. The Hall–Kier alpha value is -3.31. The minimum atomic E-state index is -1.40. The Morgan fingerprint density at radius 3 is 2.38 bits per heavy atom. The van der Waals surface area contributed by atoms with Gasteiger partial charge in [0.15, 0.2) is 5.92 Å². The number of benzene rings is 1. The Balaban J connectivity index is 1.37. The Labute approximate surface area is 254 Å². The van der Waals surface area contributed by atoms with Crippen LogP contribution in [0.1, 0.15) is 62.7 Å². The number of amides is 1. The van der Waals surface area contributed by atoms with Gasteiger partial charge in [-0.15, -0.1) is 0 Å². The Kier molecular flexibility index (Phi) is 9.27. The van der Waals surface area contributed by atoms with Gasteiger partial charge in [0.05, 0.1) is 19.1 Å². The van der Waals surface area contributed by atoms with Crippen LogP contribution in [0.25, 0.3) is 17.4 Å². The van der Waals surface area contributed by atoms with Crippen LogP contribution in [0, 0.1) is 17.8 Å². The number of nitrogens with zero attached hydrogens (tertiary/aromatic N) is 1. The highest BCUT2D eigenvalue weighted by atomic mass is 32.2. The molecule has 11 heteroatoms. The molecule has 3 aliphatic rings.